The van der Waals surface area contributed by atoms with Crippen molar-refractivity contribution in [1.82, 2.24) is 4.98 Å². The summed E-state index contributed by atoms with van der Waals surface area (Å²) < 4.78 is 5.55. The van der Waals surface area contributed by atoms with E-state index in [1.165, 1.54) is 23.6 Å². The number of hydrogen-bond acceptors (Lipinski definition) is 5. The zero-order valence-corrected chi connectivity index (χ0v) is 15.4. The van der Waals surface area contributed by atoms with Crippen LogP contribution in [0.25, 0.3) is 5.76 Å². The van der Waals surface area contributed by atoms with Crippen LogP contribution < -0.4 is 4.90 Å². The maximum absolute atomic E-state index is 13.0. The fraction of sp³-hybridized carbons (Fsp3) is 0.136. The minimum atomic E-state index is -0.858. The number of furan rings is 1. The number of rotatable bonds is 3. The third-order valence-corrected chi connectivity index (χ3v) is 4.84. The van der Waals surface area contributed by atoms with Gasteiger partial charge in [0.15, 0.2) is 0 Å². The molecule has 3 heterocycles. The molecule has 2 aromatic heterocycles. The zero-order chi connectivity index (χ0) is 19.8. The van der Waals surface area contributed by atoms with Gasteiger partial charge < -0.3 is 9.52 Å². The number of carbonyl (C=O) groups excluding carboxylic acids is 2. The minimum Gasteiger partial charge on any atom is -0.507 e. The van der Waals surface area contributed by atoms with E-state index in [9.17, 15) is 14.7 Å². The maximum atomic E-state index is 13.0. The molecule has 0 saturated carbocycles. The molecule has 1 N–H and O–H groups in total. The van der Waals surface area contributed by atoms with E-state index in [0.717, 1.165) is 11.1 Å². The summed E-state index contributed by atoms with van der Waals surface area (Å²) in [5, 5.41) is 10.9. The van der Waals surface area contributed by atoms with Crippen molar-refractivity contribution in [2.75, 3.05) is 4.90 Å². The number of benzene rings is 1. The normalized spacial score (nSPS) is 18.6. The number of nitrogens with zero attached hydrogens (tertiary/aromatic N) is 2. The second-order valence-corrected chi connectivity index (χ2v) is 6.71. The molecule has 1 aliphatic rings. The van der Waals surface area contributed by atoms with Crippen molar-refractivity contribution in [1.29, 1.82) is 0 Å². The second-order valence-electron chi connectivity index (χ2n) is 6.71. The molecule has 140 valence electrons. The predicted octanol–water partition coefficient (Wildman–Crippen LogP) is 3.92. The second kappa shape index (κ2) is 6.81. The molecule has 1 saturated heterocycles. The standard InChI is InChI=1S/C22H18N2O4/c1-13-5-6-14(2)16(12-13)24-19(17-4-3-11-28-17)18(21(26)22(24)27)20(25)15-7-9-23-10-8-15/h3-12,19,25H,1-2H3/b20-18-. The molecule has 1 unspecified atom stereocenters. The lowest BCUT2D eigenvalue weighted by Gasteiger charge is -2.25. The van der Waals surface area contributed by atoms with Crippen LogP contribution in [0.5, 0.6) is 0 Å². The van der Waals surface area contributed by atoms with Crippen LogP contribution in [0.1, 0.15) is 28.5 Å². The van der Waals surface area contributed by atoms with Crippen LogP contribution in [-0.2, 0) is 9.59 Å². The summed E-state index contributed by atoms with van der Waals surface area (Å²) in [5.74, 6) is -1.31. The molecule has 0 aliphatic carbocycles. The lowest BCUT2D eigenvalue weighted by molar-refractivity contribution is -0.132. The van der Waals surface area contributed by atoms with Crippen molar-refractivity contribution in [3.05, 3.63) is 89.1 Å². The van der Waals surface area contributed by atoms with Crippen LogP contribution in [0.3, 0.4) is 0 Å². The van der Waals surface area contributed by atoms with Crippen LogP contribution in [0.4, 0.5) is 5.69 Å². The molecule has 1 aliphatic heterocycles. The first-order valence-corrected chi connectivity index (χ1v) is 8.81. The molecule has 1 amide bonds. The van der Waals surface area contributed by atoms with E-state index in [2.05, 4.69) is 4.98 Å². The largest absolute Gasteiger partial charge is 0.507 e. The fourth-order valence-corrected chi connectivity index (χ4v) is 3.44. The van der Waals surface area contributed by atoms with E-state index < -0.39 is 17.7 Å². The Bertz CT molecular complexity index is 1080. The van der Waals surface area contributed by atoms with Crippen molar-refractivity contribution < 1.29 is 19.1 Å². The third kappa shape index (κ3) is 2.79. The summed E-state index contributed by atoms with van der Waals surface area (Å²) in [7, 11) is 0. The highest BCUT2D eigenvalue weighted by atomic mass is 16.3. The van der Waals surface area contributed by atoms with Gasteiger partial charge >= 0.3 is 0 Å². The minimum absolute atomic E-state index is 0.00736. The van der Waals surface area contributed by atoms with Gasteiger partial charge in [-0.3, -0.25) is 19.5 Å². The Morgan fingerprint density at radius 2 is 1.86 bits per heavy atom. The van der Waals surface area contributed by atoms with Crippen molar-refractivity contribution in [3.63, 3.8) is 0 Å². The highest BCUT2D eigenvalue weighted by Crippen LogP contribution is 2.43. The fourth-order valence-electron chi connectivity index (χ4n) is 3.44. The number of Topliss-reactive ketones (excluding diaryl/α,β-unsaturated/α-hetero) is 1. The summed E-state index contributed by atoms with van der Waals surface area (Å²) in [5.41, 5.74) is 2.80. The van der Waals surface area contributed by atoms with E-state index in [1.54, 1.807) is 24.3 Å². The number of aryl methyl sites for hydroxylation is 2. The number of carbonyl (C=O) groups is 2. The number of aliphatic hydroxyl groups is 1. The molecule has 0 bridgehead atoms. The summed E-state index contributed by atoms with van der Waals surface area (Å²) in [6.07, 6.45) is 4.50. The lowest BCUT2D eigenvalue weighted by Crippen LogP contribution is -2.30. The van der Waals surface area contributed by atoms with Crippen LogP contribution in [0.15, 0.2) is 71.1 Å². The number of pyridine rings is 1. The van der Waals surface area contributed by atoms with E-state index in [1.807, 2.05) is 32.0 Å². The first-order chi connectivity index (χ1) is 13.5. The molecular formula is C22H18N2O4. The highest BCUT2D eigenvalue weighted by molar-refractivity contribution is 6.51. The van der Waals surface area contributed by atoms with Crippen LogP contribution >= 0.6 is 0 Å². The van der Waals surface area contributed by atoms with Crippen molar-refractivity contribution in [2.45, 2.75) is 19.9 Å². The quantitative estimate of drug-likeness (QED) is 0.427. The predicted molar refractivity (Wildman–Crippen MR) is 104 cm³/mol. The van der Waals surface area contributed by atoms with E-state index >= 15 is 0 Å². The Morgan fingerprint density at radius 3 is 2.54 bits per heavy atom. The zero-order valence-electron chi connectivity index (χ0n) is 15.4. The Labute approximate surface area is 161 Å². The molecule has 1 aromatic carbocycles. The Morgan fingerprint density at radius 1 is 1.11 bits per heavy atom. The highest BCUT2D eigenvalue weighted by Gasteiger charge is 2.48. The topological polar surface area (TPSA) is 83.6 Å². The van der Waals surface area contributed by atoms with Gasteiger partial charge in [0.05, 0.1) is 11.8 Å². The van der Waals surface area contributed by atoms with Crippen molar-refractivity contribution in [3.8, 4) is 0 Å². The summed E-state index contributed by atoms with van der Waals surface area (Å²) in [6, 6.07) is 11.4. The van der Waals surface area contributed by atoms with E-state index in [4.69, 9.17) is 4.42 Å². The monoisotopic (exact) mass is 374 g/mol. The van der Waals surface area contributed by atoms with Gasteiger partial charge in [-0.1, -0.05) is 12.1 Å². The number of aromatic nitrogens is 1. The van der Waals surface area contributed by atoms with E-state index in [0.29, 0.717) is 17.0 Å². The first-order valence-electron chi connectivity index (χ1n) is 8.81. The number of amides is 1. The van der Waals surface area contributed by atoms with Crippen LogP contribution in [-0.4, -0.2) is 21.8 Å². The molecule has 0 spiro atoms. The van der Waals surface area contributed by atoms with E-state index in [-0.39, 0.29) is 11.3 Å². The van der Waals surface area contributed by atoms with Gasteiger partial charge in [0, 0.05) is 23.6 Å². The number of anilines is 1. The smallest absolute Gasteiger partial charge is 0.300 e. The summed E-state index contributed by atoms with van der Waals surface area (Å²) in [4.78, 5) is 31.3. The molecule has 6 heteroatoms. The molecule has 1 atom stereocenters. The van der Waals surface area contributed by atoms with Gasteiger partial charge in [-0.05, 0) is 55.3 Å². The number of ketones is 1. The number of hydrogen-bond donors (Lipinski definition) is 1. The molecule has 3 aromatic rings. The summed E-state index contributed by atoms with van der Waals surface area (Å²) in [6.45, 7) is 3.79. The van der Waals surface area contributed by atoms with Gasteiger partial charge in [-0.15, -0.1) is 0 Å². The SMILES string of the molecule is Cc1ccc(C)c(N2C(=O)C(=O)/C(=C(\O)c3ccncc3)C2c2ccco2)c1. The maximum Gasteiger partial charge on any atom is 0.300 e. The van der Waals surface area contributed by atoms with Gasteiger partial charge in [0.25, 0.3) is 11.7 Å². The molecule has 1 fully saturated rings. The van der Waals surface area contributed by atoms with Crippen LogP contribution in [0.2, 0.25) is 0 Å². The summed E-state index contributed by atoms with van der Waals surface area (Å²) >= 11 is 0. The van der Waals surface area contributed by atoms with Gasteiger partial charge in [0.2, 0.25) is 0 Å². The molecule has 28 heavy (non-hydrogen) atoms. The van der Waals surface area contributed by atoms with Gasteiger partial charge in [-0.2, -0.15) is 0 Å². The molecule has 6 nitrogen and oxygen atoms in total. The van der Waals surface area contributed by atoms with Gasteiger partial charge in [-0.25, -0.2) is 0 Å². The first kappa shape index (κ1) is 17.7. The average Bonchev–Trinajstić information content (AvgIpc) is 3.31. The van der Waals surface area contributed by atoms with Gasteiger partial charge in [0.1, 0.15) is 17.6 Å². The Kier molecular flexibility index (Phi) is 4.31. The number of aliphatic hydroxyl groups excluding tert-OH is 1. The third-order valence-electron chi connectivity index (χ3n) is 4.84. The van der Waals surface area contributed by atoms with Crippen LogP contribution in [0, 0.1) is 13.8 Å². The average molecular weight is 374 g/mol. The van der Waals surface area contributed by atoms with Crippen molar-refractivity contribution >= 4 is 23.1 Å². The van der Waals surface area contributed by atoms with Crippen molar-refractivity contribution in [2.24, 2.45) is 0 Å². The Balaban J connectivity index is 1.97. The molecule has 0 radical (unpaired) electrons. The Hall–Kier alpha value is -3.67. The molecular weight excluding hydrogens is 356 g/mol. The molecule has 4 rings (SSSR count). The lowest BCUT2D eigenvalue weighted by atomic mass is 9.99.